The van der Waals surface area contributed by atoms with Gasteiger partial charge in [-0.05, 0) is 39.0 Å². The van der Waals surface area contributed by atoms with Gasteiger partial charge in [0.2, 0.25) is 5.28 Å². The fraction of sp³-hybridized carbons (Fsp3) is 0.636. The molecule has 0 amide bonds. The zero-order valence-electron chi connectivity index (χ0n) is 10.4. The number of hydrogen-bond donors (Lipinski definition) is 1. The van der Waals surface area contributed by atoms with Crippen LogP contribution in [-0.2, 0) is 0 Å². The van der Waals surface area contributed by atoms with Crippen LogP contribution in [0.2, 0.25) is 5.28 Å². The summed E-state index contributed by atoms with van der Waals surface area (Å²) < 4.78 is 0. The highest BCUT2D eigenvalue weighted by Crippen LogP contribution is 2.28. The van der Waals surface area contributed by atoms with Crippen LogP contribution in [-0.4, -0.2) is 48.1 Å². The highest BCUT2D eigenvalue weighted by atomic mass is 35.5. The first kappa shape index (κ1) is 12.4. The molecule has 2 rings (SSSR count). The van der Waals surface area contributed by atoms with Crippen LogP contribution < -0.4 is 10.6 Å². The fourth-order valence-electron chi connectivity index (χ4n) is 2.13. The molecule has 1 aliphatic heterocycles. The van der Waals surface area contributed by atoms with Gasteiger partial charge in [-0.1, -0.05) is 0 Å². The van der Waals surface area contributed by atoms with Crippen molar-refractivity contribution in [2.75, 3.05) is 37.8 Å². The summed E-state index contributed by atoms with van der Waals surface area (Å²) in [5.74, 6) is 0.770. The van der Waals surface area contributed by atoms with E-state index in [1.54, 1.807) is 0 Å². The Morgan fingerprint density at radius 1 is 1.41 bits per heavy atom. The van der Waals surface area contributed by atoms with E-state index in [1.165, 1.54) is 0 Å². The SMILES string of the molecule is Cc1nc(Cl)nc(N2CCC(N(C)C)C2)c1N. The van der Waals surface area contributed by atoms with E-state index < -0.39 is 0 Å². The molecule has 1 aromatic rings. The molecule has 1 aliphatic rings. The van der Waals surface area contributed by atoms with E-state index >= 15 is 0 Å². The van der Waals surface area contributed by atoms with Crippen LogP contribution in [0.5, 0.6) is 0 Å². The topological polar surface area (TPSA) is 58.3 Å². The van der Waals surface area contributed by atoms with Crippen LogP contribution in [0, 0.1) is 6.92 Å². The lowest BCUT2D eigenvalue weighted by Crippen LogP contribution is -2.32. The van der Waals surface area contributed by atoms with Crippen molar-refractivity contribution in [1.82, 2.24) is 14.9 Å². The first-order chi connectivity index (χ1) is 7.99. The second-order valence-corrected chi connectivity index (χ2v) is 5.01. The number of halogens is 1. The maximum Gasteiger partial charge on any atom is 0.224 e. The number of aryl methyl sites for hydroxylation is 1. The van der Waals surface area contributed by atoms with Gasteiger partial charge in [0.15, 0.2) is 5.82 Å². The molecule has 1 atom stereocenters. The summed E-state index contributed by atoms with van der Waals surface area (Å²) in [6, 6.07) is 0.545. The minimum atomic E-state index is 0.264. The number of hydrogen-bond acceptors (Lipinski definition) is 5. The summed E-state index contributed by atoms with van der Waals surface area (Å²) >= 11 is 5.88. The number of aromatic nitrogens is 2. The molecule has 1 saturated heterocycles. The number of likely N-dealkylation sites (N-methyl/N-ethyl adjacent to an activating group) is 1. The van der Waals surface area contributed by atoms with Crippen molar-refractivity contribution in [3.05, 3.63) is 11.0 Å². The molecular weight excluding hydrogens is 238 g/mol. The first-order valence-corrected chi connectivity index (χ1v) is 6.08. The second-order valence-electron chi connectivity index (χ2n) is 4.67. The number of nitrogens with zero attached hydrogens (tertiary/aromatic N) is 4. The smallest absolute Gasteiger partial charge is 0.224 e. The molecule has 5 nitrogen and oxygen atoms in total. The molecular formula is C11H18ClN5. The van der Waals surface area contributed by atoms with Crippen LogP contribution in [0.4, 0.5) is 11.5 Å². The summed E-state index contributed by atoms with van der Waals surface area (Å²) in [6.45, 7) is 3.75. The van der Waals surface area contributed by atoms with E-state index in [4.69, 9.17) is 17.3 Å². The highest BCUT2D eigenvalue weighted by molar-refractivity contribution is 6.28. The van der Waals surface area contributed by atoms with Crippen molar-refractivity contribution < 1.29 is 0 Å². The van der Waals surface area contributed by atoms with Crippen molar-refractivity contribution in [2.24, 2.45) is 0 Å². The van der Waals surface area contributed by atoms with Crippen LogP contribution >= 0.6 is 11.6 Å². The van der Waals surface area contributed by atoms with Gasteiger partial charge < -0.3 is 15.5 Å². The maximum absolute atomic E-state index is 6.01. The van der Waals surface area contributed by atoms with Gasteiger partial charge in [0, 0.05) is 19.1 Å². The molecule has 0 spiro atoms. The van der Waals surface area contributed by atoms with E-state index in [1.807, 2.05) is 6.92 Å². The molecule has 1 aromatic heterocycles. The zero-order chi connectivity index (χ0) is 12.6. The Labute approximate surface area is 107 Å². The van der Waals surface area contributed by atoms with E-state index in [0.717, 1.165) is 31.0 Å². The zero-order valence-corrected chi connectivity index (χ0v) is 11.2. The average molecular weight is 256 g/mol. The molecule has 0 aliphatic carbocycles. The average Bonchev–Trinajstić information content (AvgIpc) is 2.72. The molecule has 6 heteroatoms. The first-order valence-electron chi connectivity index (χ1n) is 5.70. The van der Waals surface area contributed by atoms with Crippen molar-refractivity contribution in [1.29, 1.82) is 0 Å². The number of nitrogens with two attached hydrogens (primary N) is 1. The van der Waals surface area contributed by atoms with Crippen molar-refractivity contribution in [3.63, 3.8) is 0 Å². The van der Waals surface area contributed by atoms with Crippen molar-refractivity contribution >= 4 is 23.1 Å². The molecule has 2 heterocycles. The molecule has 0 bridgehead atoms. The van der Waals surface area contributed by atoms with Crippen LogP contribution in [0.25, 0.3) is 0 Å². The normalized spacial score (nSPS) is 20.3. The fourth-order valence-corrected chi connectivity index (χ4v) is 2.34. The standard InChI is InChI=1S/C11H18ClN5/c1-7-9(13)10(15-11(12)14-7)17-5-4-8(6-17)16(2)3/h8H,4-6,13H2,1-3H3. The van der Waals surface area contributed by atoms with Crippen LogP contribution in [0.1, 0.15) is 12.1 Å². The molecule has 0 radical (unpaired) electrons. The van der Waals surface area contributed by atoms with Gasteiger partial charge in [0.1, 0.15) is 0 Å². The minimum absolute atomic E-state index is 0.264. The Bertz CT molecular complexity index is 421. The minimum Gasteiger partial charge on any atom is -0.394 e. The molecule has 1 unspecified atom stereocenters. The second kappa shape index (κ2) is 4.66. The quantitative estimate of drug-likeness (QED) is 0.804. The lowest BCUT2D eigenvalue weighted by Gasteiger charge is -2.22. The summed E-state index contributed by atoms with van der Waals surface area (Å²) in [5, 5.41) is 0.264. The van der Waals surface area contributed by atoms with Crippen LogP contribution in [0.3, 0.4) is 0 Å². The van der Waals surface area contributed by atoms with Gasteiger partial charge in [-0.2, -0.15) is 4.98 Å². The highest BCUT2D eigenvalue weighted by Gasteiger charge is 2.26. The predicted octanol–water partition coefficient (Wildman–Crippen LogP) is 1.16. The number of nitrogen functional groups attached to an aromatic ring is 1. The number of rotatable bonds is 2. The Balaban J connectivity index is 2.24. The molecule has 0 saturated carbocycles. The summed E-state index contributed by atoms with van der Waals surface area (Å²) in [4.78, 5) is 12.7. The van der Waals surface area contributed by atoms with Crippen LogP contribution in [0.15, 0.2) is 0 Å². The Hall–Kier alpha value is -1.07. The third-order valence-electron chi connectivity index (χ3n) is 3.28. The van der Waals surface area contributed by atoms with Gasteiger partial charge in [0.05, 0.1) is 11.4 Å². The van der Waals surface area contributed by atoms with E-state index in [0.29, 0.717) is 11.7 Å². The number of anilines is 2. The predicted molar refractivity (Wildman–Crippen MR) is 70.5 cm³/mol. The third kappa shape index (κ3) is 2.45. The molecule has 94 valence electrons. The summed E-state index contributed by atoms with van der Waals surface area (Å²) in [5.41, 5.74) is 7.39. The van der Waals surface area contributed by atoms with Gasteiger partial charge in [0.25, 0.3) is 0 Å². The Kier molecular flexibility index (Phi) is 3.40. The maximum atomic E-state index is 6.01. The van der Waals surface area contributed by atoms with Gasteiger partial charge in [-0.25, -0.2) is 4.98 Å². The Morgan fingerprint density at radius 2 is 2.12 bits per heavy atom. The monoisotopic (exact) mass is 255 g/mol. The van der Waals surface area contributed by atoms with Gasteiger partial charge >= 0.3 is 0 Å². The van der Waals surface area contributed by atoms with Gasteiger partial charge in [-0.15, -0.1) is 0 Å². The molecule has 17 heavy (non-hydrogen) atoms. The Morgan fingerprint density at radius 3 is 2.71 bits per heavy atom. The summed E-state index contributed by atoms with van der Waals surface area (Å²) in [7, 11) is 4.19. The lowest BCUT2D eigenvalue weighted by atomic mass is 10.2. The molecule has 0 aromatic carbocycles. The van der Waals surface area contributed by atoms with E-state index in [-0.39, 0.29) is 5.28 Å². The summed E-state index contributed by atoms with van der Waals surface area (Å²) in [6.07, 6.45) is 1.12. The lowest BCUT2D eigenvalue weighted by molar-refractivity contribution is 0.315. The molecule has 1 fully saturated rings. The largest absolute Gasteiger partial charge is 0.394 e. The van der Waals surface area contributed by atoms with Gasteiger partial charge in [-0.3, -0.25) is 0 Å². The van der Waals surface area contributed by atoms with E-state index in [9.17, 15) is 0 Å². The third-order valence-corrected chi connectivity index (χ3v) is 3.45. The van der Waals surface area contributed by atoms with Crippen molar-refractivity contribution in [3.8, 4) is 0 Å². The van der Waals surface area contributed by atoms with E-state index in [2.05, 4.69) is 33.9 Å². The van der Waals surface area contributed by atoms with Crippen molar-refractivity contribution in [2.45, 2.75) is 19.4 Å². The molecule has 2 N–H and O–H groups in total.